The van der Waals surface area contributed by atoms with Crippen LogP contribution in [0.5, 0.6) is 11.5 Å². The van der Waals surface area contributed by atoms with Crippen LogP contribution in [0, 0.1) is 17.0 Å². The van der Waals surface area contributed by atoms with Crippen molar-refractivity contribution < 1.29 is 14.4 Å². The quantitative estimate of drug-likeness (QED) is 0.0855. The first kappa shape index (κ1) is 31.7. The first-order valence-electron chi connectivity index (χ1n) is 14.3. The molecule has 5 aromatic rings. The van der Waals surface area contributed by atoms with Crippen LogP contribution in [0.4, 0.5) is 5.69 Å². The number of benzene rings is 4. The lowest BCUT2D eigenvalue weighted by molar-refractivity contribution is -0.385. The molecule has 45 heavy (non-hydrogen) atoms. The van der Waals surface area contributed by atoms with Crippen molar-refractivity contribution in [2.24, 2.45) is 5.10 Å². The molecule has 0 saturated heterocycles. The highest BCUT2D eigenvalue weighted by Crippen LogP contribution is 2.35. The molecular formula is C34H30Cl2N4O5. The Morgan fingerprint density at radius 2 is 1.80 bits per heavy atom. The summed E-state index contributed by atoms with van der Waals surface area (Å²) < 4.78 is 13.1. The molecule has 4 aromatic carbocycles. The van der Waals surface area contributed by atoms with Gasteiger partial charge in [-0.25, -0.2) is 4.98 Å². The van der Waals surface area contributed by atoms with Crippen LogP contribution in [0.3, 0.4) is 0 Å². The molecule has 0 unspecified atom stereocenters. The second kappa shape index (κ2) is 13.5. The molecule has 0 N–H and O–H groups in total. The summed E-state index contributed by atoms with van der Waals surface area (Å²) in [5, 5.41) is 17.6. The highest BCUT2D eigenvalue weighted by Gasteiger charge is 2.21. The summed E-state index contributed by atoms with van der Waals surface area (Å²) in [7, 11) is 0. The van der Waals surface area contributed by atoms with Gasteiger partial charge in [0.25, 0.3) is 5.56 Å². The Morgan fingerprint density at radius 3 is 2.51 bits per heavy atom. The van der Waals surface area contributed by atoms with Gasteiger partial charge in [-0.15, -0.1) is 0 Å². The van der Waals surface area contributed by atoms with E-state index in [1.54, 1.807) is 42.5 Å². The van der Waals surface area contributed by atoms with E-state index in [2.05, 4.69) is 18.9 Å². The normalized spacial score (nSPS) is 11.4. The molecule has 0 spiro atoms. The van der Waals surface area contributed by atoms with Gasteiger partial charge in [0.2, 0.25) is 5.75 Å². The maximum atomic E-state index is 13.9. The van der Waals surface area contributed by atoms with Gasteiger partial charge in [0.1, 0.15) is 12.4 Å². The van der Waals surface area contributed by atoms with Crippen molar-refractivity contribution in [3.63, 3.8) is 0 Å². The Labute approximate surface area is 269 Å². The zero-order chi connectivity index (χ0) is 32.2. The molecule has 0 aliphatic rings. The van der Waals surface area contributed by atoms with Crippen LogP contribution in [0.1, 0.15) is 48.9 Å². The first-order chi connectivity index (χ1) is 21.6. The predicted octanol–water partition coefficient (Wildman–Crippen LogP) is 8.57. The maximum Gasteiger partial charge on any atom is 0.311 e. The van der Waals surface area contributed by atoms with Gasteiger partial charge in [0.15, 0.2) is 5.82 Å². The minimum Gasteiger partial charge on any atom is -0.494 e. The molecule has 0 bridgehead atoms. The van der Waals surface area contributed by atoms with Gasteiger partial charge in [-0.3, -0.25) is 14.9 Å². The number of rotatable bonds is 10. The molecule has 5 rings (SSSR count). The summed E-state index contributed by atoms with van der Waals surface area (Å²) in [4.78, 5) is 30.2. The molecule has 230 valence electrons. The number of fused-ring (bicyclic) bond motifs is 1. The zero-order valence-electron chi connectivity index (χ0n) is 25.1. The van der Waals surface area contributed by atoms with Crippen molar-refractivity contribution in [1.82, 2.24) is 9.66 Å². The van der Waals surface area contributed by atoms with Crippen molar-refractivity contribution in [3.05, 3.63) is 126 Å². The molecule has 9 nitrogen and oxygen atoms in total. The third-order valence-corrected chi connectivity index (χ3v) is 7.91. The average Bonchev–Trinajstić information content (AvgIpc) is 3.01. The van der Waals surface area contributed by atoms with E-state index >= 15 is 0 Å². The SMILES string of the molecule is CCOc1cc(C)c(-c2nc3ccccc3c(=O)n2N=Cc2cccc([N+](=O)[O-])c2OCc2ccc(Cl)c(Cl)c2)cc1C(C)C. The molecule has 11 heteroatoms. The Morgan fingerprint density at radius 1 is 1.02 bits per heavy atom. The number of ether oxygens (including phenoxy) is 2. The number of para-hydroxylation sites is 2. The topological polar surface area (TPSA) is 109 Å². The van der Waals surface area contributed by atoms with Gasteiger partial charge in [-0.2, -0.15) is 9.78 Å². The summed E-state index contributed by atoms with van der Waals surface area (Å²) in [5.74, 6) is 1.21. The Bertz CT molecular complexity index is 2010. The number of aromatic nitrogens is 2. The number of hydrogen-bond acceptors (Lipinski definition) is 7. The molecule has 0 aliphatic carbocycles. The van der Waals surface area contributed by atoms with Crippen LogP contribution in [0.25, 0.3) is 22.3 Å². The number of aryl methyl sites for hydroxylation is 1. The molecule has 0 saturated carbocycles. The van der Waals surface area contributed by atoms with E-state index in [1.165, 1.54) is 23.0 Å². The lowest BCUT2D eigenvalue weighted by Gasteiger charge is -2.18. The molecular weight excluding hydrogens is 615 g/mol. The van der Waals surface area contributed by atoms with Crippen molar-refractivity contribution in [1.29, 1.82) is 0 Å². The van der Waals surface area contributed by atoms with Crippen LogP contribution in [-0.4, -0.2) is 27.4 Å². The number of nitrogens with zero attached hydrogens (tertiary/aromatic N) is 4. The van der Waals surface area contributed by atoms with Gasteiger partial charge >= 0.3 is 5.69 Å². The fourth-order valence-corrected chi connectivity index (χ4v) is 5.25. The highest BCUT2D eigenvalue weighted by molar-refractivity contribution is 6.42. The van der Waals surface area contributed by atoms with Crippen LogP contribution in [-0.2, 0) is 6.61 Å². The first-order valence-corrected chi connectivity index (χ1v) is 15.0. The molecule has 1 heterocycles. The largest absolute Gasteiger partial charge is 0.494 e. The minimum atomic E-state index is -0.534. The van der Waals surface area contributed by atoms with E-state index in [0.29, 0.717) is 50.1 Å². The maximum absolute atomic E-state index is 13.9. The lowest BCUT2D eigenvalue weighted by atomic mass is 9.96. The van der Waals surface area contributed by atoms with Gasteiger partial charge in [0.05, 0.1) is 38.7 Å². The number of hydrogen-bond donors (Lipinski definition) is 0. The third-order valence-electron chi connectivity index (χ3n) is 7.17. The van der Waals surface area contributed by atoms with Crippen molar-refractivity contribution in [2.45, 2.75) is 40.2 Å². The molecule has 0 amide bonds. The number of halogens is 2. The van der Waals surface area contributed by atoms with Crippen molar-refractivity contribution >= 4 is 46.0 Å². The van der Waals surface area contributed by atoms with Crippen LogP contribution < -0.4 is 15.0 Å². The average molecular weight is 646 g/mol. The molecule has 0 fully saturated rings. The van der Waals surface area contributed by atoms with Crippen molar-refractivity contribution in [2.75, 3.05) is 6.61 Å². The third kappa shape index (κ3) is 6.69. The predicted molar refractivity (Wildman–Crippen MR) is 178 cm³/mol. The Kier molecular flexibility index (Phi) is 9.51. The summed E-state index contributed by atoms with van der Waals surface area (Å²) in [6.45, 7) is 8.48. The Balaban J connectivity index is 1.66. The van der Waals surface area contributed by atoms with Gasteiger partial charge in [-0.1, -0.05) is 61.3 Å². The van der Waals surface area contributed by atoms with Crippen LogP contribution >= 0.6 is 23.2 Å². The monoisotopic (exact) mass is 644 g/mol. The van der Waals surface area contributed by atoms with Gasteiger partial charge < -0.3 is 9.47 Å². The van der Waals surface area contributed by atoms with Crippen LogP contribution in [0.2, 0.25) is 10.0 Å². The summed E-state index contributed by atoms with van der Waals surface area (Å²) in [6, 6.07) is 20.4. The fraction of sp³-hybridized carbons (Fsp3) is 0.206. The van der Waals surface area contributed by atoms with E-state index < -0.39 is 10.5 Å². The minimum absolute atomic E-state index is 0.0139. The molecule has 1 aromatic heterocycles. The van der Waals surface area contributed by atoms with E-state index in [0.717, 1.165) is 16.9 Å². The van der Waals surface area contributed by atoms with Gasteiger partial charge in [-0.05, 0) is 78.9 Å². The van der Waals surface area contributed by atoms with E-state index in [9.17, 15) is 14.9 Å². The van der Waals surface area contributed by atoms with Crippen molar-refractivity contribution in [3.8, 4) is 22.9 Å². The van der Waals surface area contributed by atoms with Gasteiger partial charge in [0, 0.05) is 17.2 Å². The Hall–Kier alpha value is -4.73. The zero-order valence-corrected chi connectivity index (χ0v) is 26.6. The van der Waals surface area contributed by atoms with Crippen LogP contribution in [0.15, 0.2) is 82.7 Å². The second-order valence-corrected chi connectivity index (χ2v) is 11.4. The molecule has 0 aliphatic heterocycles. The summed E-state index contributed by atoms with van der Waals surface area (Å²) in [6.07, 6.45) is 1.37. The van der Waals surface area contributed by atoms with E-state index in [4.69, 9.17) is 37.7 Å². The number of nitro groups is 1. The fourth-order valence-electron chi connectivity index (χ4n) is 4.93. The second-order valence-electron chi connectivity index (χ2n) is 10.6. The molecule has 0 atom stereocenters. The molecule has 0 radical (unpaired) electrons. The summed E-state index contributed by atoms with van der Waals surface area (Å²) in [5.41, 5.74) is 3.34. The summed E-state index contributed by atoms with van der Waals surface area (Å²) >= 11 is 12.2. The standard InChI is InChI=1S/C34H30Cl2N4O5/c1-5-44-31-15-21(4)26(17-25(31)20(2)3)33-38-29-11-7-6-10-24(29)34(41)39(33)37-18-23-9-8-12-30(40(42)43)32(23)45-19-22-13-14-27(35)28(36)16-22/h6-18,20H,5,19H2,1-4H3. The number of nitro benzene ring substituents is 1. The highest BCUT2D eigenvalue weighted by atomic mass is 35.5. The van der Waals surface area contributed by atoms with E-state index in [1.807, 2.05) is 32.0 Å². The van der Waals surface area contributed by atoms with E-state index in [-0.39, 0.29) is 24.0 Å². The smallest absolute Gasteiger partial charge is 0.311 e. The lowest BCUT2D eigenvalue weighted by Crippen LogP contribution is -2.21.